The molecule has 2 rings (SSSR count). The van der Waals surface area contributed by atoms with Crippen molar-refractivity contribution in [1.82, 2.24) is 0 Å². The third kappa shape index (κ3) is 3.75. The largest absolute Gasteiger partial charge is 0.395 e. The lowest BCUT2D eigenvalue weighted by atomic mass is 9.71. The lowest BCUT2D eigenvalue weighted by Gasteiger charge is -2.33. The van der Waals surface area contributed by atoms with E-state index in [0.29, 0.717) is 0 Å². The smallest absolute Gasteiger partial charge is 0.0568 e. The summed E-state index contributed by atoms with van der Waals surface area (Å²) in [5.74, 6) is 0. The van der Waals surface area contributed by atoms with Crippen molar-refractivity contribution in [2.24, 2.45) is 0 Å². The van der Waals surface area contributed by atoms with Crippen molar-refractivity contribution in [1.29, 1.82) is 0 Å². The Labute approximate surface area is 133 Å². The Hall–Kier alpha value is -2.12. The van der Waals surface area contributed by atoms with Crippen LogP contribution in [0.3, 0.4) is 0 Å². The zero-order chi connectivity index (χ0) is 15.7. The Balaban J connectivity index is 2.31. The highest BCUT2D eigenvalue weighted by atomic mass is 16.3. The number of rotatable bonds is 8. The maximum atomic E-state index is 10.3. The fourth-order valence-electron chi connectivity index (χ4n) is 2.95. The minimum atomic E-state index is -0.329. The van der Waals surface area contributed by atoms with Gasteiger partial charge in [-0.25, -0.2) is 0 Å². The van der Waals surface area contributed by atoms with E-state index in [1.807, 2.05) is 42.5 Å². The number of allylic oxidation sites excluding steroid dienone is 3. The molecule has 0 fully saturated rings. The fourth-order valence-corrected chi connectivity index (χ4v) is 2.95. The normalized spacial score (nSPS) is 11.7. The zero-order valence-corrected chi connectivity index (χ0v) is 13.0. The molecule has 1 N–H and O–H groups in total. The van der Waals surface area contributed by atoms with Gasteiger partial charge in [0, 0.05) is 5.41 Å². The van der Waals surface area contributed by atoms with Crippen molar-refractivity contribution in [3.63, 3.8) is 0 Å². The molecule has 0 radical (unpaired) electrons. The minimum absolute atomic E-state index is 0.117. The molecule has 2 aromatic rings. The summed E-state index contributed by atoms with van der Waals surface area (Å²) in [6.45, 7) is 3.81. The summed E-state index contributed by atoms with van der Waals surface area (Å²) in [5.41, 5.74) is 2.03. The van der Waals surface area contributed by atoms with Crippen LogP contribution in [0.25, 0.3) is 0 Å². The van der Waals surface area contributed by atoms with Crippen molar-refractivity contribution in [3.8, 4) is 0 Å². The van der Waals surface area contributed by atoms with Gasteiger partial charge < -0.3 is 5.11 Å². The molecule has 0 bridgehead atoms. The van der Waals surface area contributed by atoms with E-state index in [0.717, 1.165) is 19.3 Å². The van der Waals surface area contributed by atoms with Gasteiger partial charge in [-0.15, -0.1) is 0 Å². The van der Waals surface area contributed by atoms with Crippen LogP contribution in [-0.4, -0.2) is 11.7 Å². The molecule has 0 unspecified atom stereocenters. The van der Waals surface area contributed by atoms with E-state index in [-0.39, 0.29) is 12.0 Å². The lowest BCUT2D eigenvalue weighted by molar-refractivity contribution is 0.209. The summed E-state index contributed by atoms with van der Waals surface area (Å²) in [6.07, 6.45) is 8.84. The van der Waals surface area contributed by atoms with Gasteiger partial charge in [0.2, 0.25) is 0 Å². The van der Waals surface area contributed by atoms with Gasteiger partial charge in [-0.05, 0) is 30.4 Å². The predicted molar refractivity (Wildman–Crippen MR) is 93.9 cm³/mol. The topological polar surface area (TPSA) is 20.2 Å². The average molecular weight is 292 g/mol. The van der Waals surface area contributed by atoms with Crippen molar-refractivity contribution < 1.29 is 5.11 Å². The summed E-state index contributed by atoms with van der Waals surface area (Å²) in [7, 11) is 0. The SMILES string of the molecule is C=C/C=C/CCCC(CO)(c1ccccc1)c1ccccc1. The van der Waals surface area contributed by atoms with E-state index < -0.39 is 0 Å². The van der Waals surface area contributed by atoms with Gasteiger partial charge in [0.05, 0.1) is 6.61 Å². The fraction of sp³-hybridized carbons (Fsp3) is 0.238. The molecule has 0 spiro atoms. The molecular formula is C21H24O. The molecule has 1 nitrogen and oxygen atoms in total. The molecule has 0 aromatic heterocycles. The molecule has 0 saturated heterocycles. The molecule has 114 valence electrons. The number of hydrogen-bond acceptors (Lipinski definition) is 1. The number of benzene rings is 2. The van der Waals surface area contributed by atoms with Crippen LogP contribution in [-0.2, 0) is 5.41 Å². The van der Waals surface area contributed by atoms with E-state index in [1.54, 1.807) is 6.08 Å². The Bertz CT molecular complexity index is 544. The highest BCUT2D eigenvalue weighted by Crippen LogP contribution is 2.36. The first-order chi connectivity index (χ1) is 10.8. The lowest BCUT2D eigenvalue weighted by Crippen LogP contribution is -2.32. The maximum absolute atomic E-state index is 10.3. The standard InChI is InChI=1S/C21H24O/c1-2-3-4-5-12-17-21(18-22,19-13-8-6-9-14-19)20-15-10-7-11-16-20/h2-4,6-11,13-16,22H,1,5,12,17-18H2/b4-3+. The highest BCUT2D eigenvalue weighted by Gasteiger charge is 2.32. The molecule has 2 aromatic carbocycles. The summed E-state index contributed by atoms with van der Waals surface area (Å²) in [4.78, 5) is 0. The Morgan fingerprint density at radius 2 is 1.45 bits per heavy atom. The number of aliphatic hydroxyl groups excluding tert-OH is 1. The molecule has 0 saturated carbocycles. The summed E-state index contributed by atoms with van der Waals surface area (Å²) in [6, 6.07) is 20.7. The molecule has 0 heterocycles. The average Bonchev–Trinajstić information content (AvgIpc) is 2.60. The van der Waals surface area contributed by atoms with Crippen molar-refractivity contribution in [2.75, 3.05) is 6.61 Å². The number of aliphatic hydroxyl groups is 1. The summed E-state index contributed by atoms with van der Waals surface area (Å²) in [5, 5.41) is 10.3. The van der Waals surface area contributed by atoms with Crippen LogP contribution in [0, 0.1) is 0 Å². The molecule has 0 amide bonds. The van der Waals surface area contributed by atoms with Gasteiger partial charge in [0.1, 0.15) is 0 Å². The van der Waals surface area contributed by atoms with Gasteiger partial charge >= 0.3 is 0 Å². The van der Waals surface area contributed by atoms with E-state index >= 15 is 0 Å². The third-order valence-electron chi connectivity index (χ3n) is 4.17. The van der Waals surface area contributed by atoms with Crippen molar-refractivity contribution in [2.45, 2.75) is 24.7 Å². The monoisotopic (exact) mass is 292 g/mol. The zero-order valence-electron chi connectivity index (χ0n) is 13.0. The van der Waals surface area contributed by atoms with E-state index in [4.69, 9.17) is 0 Å². The van der Waals surface area contributed by atoms with Crippen molar-refractivity contribution in [3.05, 3.63) is 96.6 Å². The number of hydrogen-bond donors (Lipinski definition) is 1. The van der Waals surface area contributed by atoms with Crippen LogP contribution in [0.15, 0.2) is 85.5 Å². The molecule has 22 heavy (non-hydrogen) atoms. The van der Waals surface area contributed by atoms with Crippen LogP contribution in [0.4, 0.5) is 0 Å². The predicted octanol–water partition coefficient (Wildman–Crippen LogP) is 4.88. The second-order valence-corrected chi connectivity index (χ2v) is 5.53. The molecular weight excluding hydrogens is 268 g/mol. The Morgan fingerprint density at radius 3 is 1.91 bits per heavy atom. The van der Waals surface area contributed by atoms with Crippen LogP contribution in [0.2, 0.25) is 0 Å². The highest BCUT2D eigenvalue weighted by molar-refractivity contribution is 5.39. The Morgan fingerprint density at radius 1 is 0.909 bits per heavy atom. The Kier molecular flexibility index (Phi) is 6.17. The molecule has 0 aliphatic heterocycles. The summed E-state index contributed by atoms with van der Waals surface area (Å²) >= 11 is 0. The first-order valence-electron chi connectivity index (χ1n) is 7.83. The van der Waals surface area contributed by atoms with E-state index in [9.17, 15) is 5.11 Å². The van der Waals surface area contributed by atoms with Crippen LogP contribution < -0.4 is 0 Å². The summed E-state index contributed by atoms with van der Waals surface area (Å²) < 4.78 is 0. The van der Waals surface area contributed by atoms with Gasteiger partial charge in [-0.2, -0.15) is 0 Å². The van der Waals surface area contributed by atoms with Crippen LogP contribution in [0.5, 0.6) is 0 Å². The molecule has 0 atom stereocenters. The van der Waals surface area contributed by atoms with E-state index in [1.165, 1.54) is 11.1 Å². The van der Waals surface area contributed by atoms with Crippen LogP contribution in [0.1, 0.15) is 30.4 Å². The third-order valence-corrected chi connectivity index (χ3v) is 4.17. The number of unbranched alkanes of at least 4 members (excludes halogenated alkanes) is 1. The molecule has 0 aliphatic carbocycles. The second-order valence-electron chi connectivity index (χ2n) is 5.53. The van der Waals surface area contributed by atoms with Crippen molar-refractivity contribution >= 4 is 0 Å². The first-order valence-corrected chi connectivity index (χ1v) is 7.83. The first kappa shape index (κ1) is 16.3. The van der Waals surface area contributed by atoms with E-state index in [2.05, 4.69) is 36.9 Å². The molecule has 1 heteroatoms. The maximum Gasteiger partial charge on any atom is 0.0568 e. The quantitative estimate of drug-likeness (QED) is 0.543. The van der Waals surface area contributed by atoms with Crippen LogP contribution >= 0.6 is 0 Å². The molecule has 0 aliphatic rings. The van der Waals surface area contributed by atoms with Gasteiger partial charge in [-0.3, -0.25) is 0 Å². The van der Waals surface area contributed by atoms with Gasteiger partial charge in [0.25, 0.3) is 0 Å². The van der Waals surface area contributed by atoms with Gasteiger partial charge in [-0.1, -0.05) is 85.5 Å². The minimum Gasteiger partial charge on any atom is -0.395 e. The van der Waals surface area contributed by atoms with Gasteiger partial charge in [0.15, 0.2) is 0 Å². The second kappa shape index (κ2) is 8.35.